The second kappa shape index (κ2) is 3.61. The number of carbonyl (C=O) groups excluding carboxylic acids is 1. The van der Waals surface area contributed by atoms with Crippen LogP contribution in [-0.2, 0) is 4.79 Å². The third-order valence-electron chi connectivity index (χ3n) is 2.67. The third-order valence-corrected chi connectivity index (χ3v) is 2.67. The SMILES string of the molecule is C[C@@]1(CCC#N)CCC(N)=CC1=O. The van der Waals surface area contributed by atoms with Crippen molar-refractivity contribution < 1.29 is 4.79 Å². The number of rotatable bonds is 2. The maximum absolute atomic E-state index is 11.6. The Balaban J connectivity index is 2.71. The van der Waals surface area contributed by atoms with Gasteiger partial charge in [0, 0.05) is 23.6 Å². The van der Waals surface area contributed by atoms with Gasteiger partial charge in [-0.1, -0.05) is 6.92 Å². The van der Waals surface area contributed by atoms with Gasteiger partial charge in [0.2, 0.25) is 0 Å². The number of nitrogens with two attached hydrogens (primary N) is 1. The van der Waals surface area contributed by atoms with Crippen LogP contribution in [0.15, 0.2) is 11.8 Å². The van der Waals surface area contributed by atoms with E-state index in [1.165, 1.54) is 6.08 Å². The molecule has 0 amide bonds. The molecule has 2 N–H and O–H groups in total. The van der Waals surface area contributed by atoms with Crippen molar-refractivity contribution in [1.82, 2.24) is 0 Å². The van der Waals surface area contributed by atoms with Crippen LogP contribution in [0.2, 0.25) is 0 Å². The third kappa shape index (κ3) is 2.09. The molecule has 13 heavy (non-hydrogen) atoms. The average molecular weight is 178 g/mol. The first-order chi connectivity index (χ1) is 6.08. The van der Waals surface area contributed by atoms with E-state index in [0.29, 0.717) is 18.5 Å². The number of carbonyl (C=O) groups is 1. The van der Waals surface area contributed by atoms with Crippen molar-refractivity contribution in [3.8, 4) is 6.07 Å². The summed E-state index contributed by atoms with van der Waals surface area (Å²) in [7, 11) is 0. The fourth-order valence-electron chi connectivity index (χ4n) is 1.54. The molecule has 0 aromatic heterocycles. The van der Waals surface area contributed by atoms with Crippen LogP contribution >= 0.6 is 0 Å². The Morgan fingerprint density at radius 3 is 3.00 bits per heavy atom. The van der Waals surface area contributed by atoms with Crippen LogP contribution in [0.25, 0.3) is 0 Å². The van der Waals surface area contributed by atoms with E-state index in [1.54, 1.807) is 0 Å². The van der Waals surface area contributed by atoms with Crippen LogP contribution in [0.1, 0.15) is 32.6 Å². The lowest BCUT2D eigenvalue weighted by Crippen LogP contribution is -2.31. The zero-order chi connectivity index (χ0) is 9.90. The smallest absolute Gasteiger partial charge is 0.163 e. The molecule has 0 unspecified atom stereocenters. The first-order valence-electron chi connectivity index (χ1n) is 4.46. The molecule has 1 atom stereocenters. The lowest BCUT2D eigenvalue weighted by Gasteiger charge is -2.29. The summed E-state index contributed by atoms with van der Waals surface area (Å²) in [6.07, 6.45) is 4.15. The molecule has 0 saturated heterocycles. The molecule has 0 fully saturated rings. The van der Waals surface area contributed by atoms with Crippen molar-refractivity contribution in [3.63, 3.8) is 0 Å². The number of nitrogens with zero attached hydrogens (tertiary/aromatic N) is 1. The zero-order valence-electron chi connectivity index (χ0n) is 7.84. The number of ketones is 1. The Morgan fingerprint density at radius 1 is 1.77 bits per heavy atom. The molecule has 0 aliphatic heterocycles. The summed E-state index contributed by atoms with van der Waals surface area (Å²) in [5, 5.41) is 8.45. The second-order valence-corrected chi connectivity index (χ2v) is 3.80. The molecule has 3 heteroatoms. The van der Waals surface area contributed by atoms with Gasteiger partial charge in [-0.05, 0) is 19.3 Å². The van der Waals surface area contributed by atoms with Crippen molar-refractivity contribution in [2.75, 3.05) is 0 Å². The molecule has 0 heterocycles. The summed E-state index contributed by atoms with van der Waals surface area (Å²) < 4.78 is 0. The predicted molar refractivity (Wildman–Crippen MR) is 49.5 cm³/mol. The maximum Gasteiger partial charge on any atom is 0.163 e. The van der Waals surface area contributed by atoms with Crippen LogP contribution in [0.4, 0.5) is 0 Å². The highest BCUT2D eigenvalue weighted by Gasteiger charge is 2.33. The molecule has 70 valence electrons. The zero-order valence-corrected chi connectivity index (χ0v) is 7.84. The monoisotopic (exact) mass is 178 g/mol. The van der Waals surface area contributed by atoms with Gasteiger partial charge in [-0.25, -0.2) is 0 Å². The van der Waals surface area contributed by atoms with Gasteiger partial charge >= 0.3 is 0 Å². The van der Waals surface area contributed by atoms with Crippen molar-refractivity contribution in [2.45, 2.75) is 32.6 Å². The summed E-state index contributed by atoms with van der Waals surface area (Å²) in [5.74, 6) is 0.0755. The Kier molecular flexibility index (Phi) is 2.72. The quantitative estimate of drug-likeness (QED) is 0.696. The van der Waals surface area contributed by atoms with Gasteiger partial charge in [-0.15, -0.1) is 0 Å². The van der Waals surface area contributed by atoms with E-state index in [1.807, 2.05) is 6.92 Å². The summed E-state index contributed by atoms with van der Waals surface area (Å²) in [6.45, 7) is 1.91. The minimum absolute atomic E-state index is 0.0755. The number of nitriles is 1. The van der Waals surface area contributed by atoms with Gasteiger partial charge < -0.3 is 5.73 Å². The Hall–Kier alpha value is -1.30. The Bertz CT molecular complexity index is 288. The van der Waals surface area contributed by atoms with E-state index in [0.717, 1.165) is 12.8 Å². The van der Waals surface area contributed by atoms with Gasteiger partial charge in [-0.3, -0.25) is 4.79 Å². The van der Waals surface area contributed by atoms with Crippen LogP contribution < -0.4 is 5.73 Å². The fraction of sp³-hybridized carbons (Fsp3) is 0.600. The molecule has 1 rings (SSSR count). The molecule has 0 saturated carbocycles. The van der Waals surface area contributed by atoms with E-state index in [9.17, 15) is 4.79 Å². The van der Waals surface area contributed by atoms with E-state index in [4.69, 9.17) is 11.0 Å². The lowest BCUT2D eigenvalue weighted by atomic mass is 9.74. The summed E-state index contributed by atoms with van der Waals surface area (Å²) >= 11 is 0. The normalized spacial score (nSPS) is 28.0. The van der Waals surface area contributed by atoms with E-state index >= 15 is 0 Å². The maximum atomic E-state index is 11.6. The van der Waals surface area contributed by atoms with Gasteiger partial charge in [0.25, 0.3) is 0 Å². The van der Waals surface area contributed by atoms with Gasteiger partial charge in [0.15, 0.2) is 5.78 Å². The average Bonchev–Trinajstić information content (AvgIpc) is 2.09. The largest absolute Gasteiger partial charge is 0.402 e. The van der Waals surface area contributed by atoms with Crippen molar-refractivity contribution in [1.29, 1.82) is 5.26 Å². The standard InChI is InChI=1S/C10H14N2O/c1-10(4-2-6-11)5-3-8(12)7-9(10)13/h7H,2-5,12H2,1H3/t10-/m1/s1. The Labute approximate surface area is 78.2 Å². The van der Waals surface area contributed by atoms with E-state index in [2.05, 4.69) is 6.07 Å². The highest BCUT2D eigenvalue weighted by molar-refractivity contribution is 5.95. The number of hydrogen-bond donors (Lipinski definition) is 1. The van der Waals surface area contributed by atoms with Crippen LogP contribution in [-0.4, -0.2) is 5.78 Å². The highest BCUT2D eigenvalue weighted by atomic mass is 16.1. The molecule has 3 nitrogen and oxygen atoms in total. The Morgan fingerprint density at radius 2 is 2.46 bits per heavy atom. The predicted octanol–water partition coefficient (Wildman–Crippen LogP) is 1.50. The number of allylic oxidation sites excluding steroid dienone is 2. The van der Waals surface area contributed by atoms with Crippen molar-refractivity contribution in [3.05, 3.63) is 11.8 Å². The van der Waals surface area contributed by atoms with E-state index in [-0.39, 0.29) is 11.2 Å². The highest BCUT2D eigenvalue weighted by Crippen LogP contribution is 2.34. The van der Waals surface area contributed by atoms with Gasteiger partial charge in [-0.2, -0.15) is 5.26 Å². The van der Waals surface area contributed by atoms with Crippen LogP contribution in [0, 0.1) is 16.7 Å². The van der Waals surface area contributed by atoms with Gasteiger partial charge in [0.1, 0.15) is 0 Å². The first kappa shape index (κ1) is 9.79. The molecule has 0 aromatic rings. The molecular formula is C10H14N2O. The molecule has 0 spiro atoms. The fourth-order valence-corrected chi connectivity index (χ4v) is 1.54. The number of hydrogen-bond acceptors (Lipinski definition) is 3. The van der Waals surface area contributed by atoms with Crippen LogP contribution in [0.5, 0.6) is 0 Å². The lowest BCUT2D eigenvalue weighted by molar-refractivity contribution is -0.124. The van der Waals surface area contributed by atoms with Crippen LogP contribution in [0.3, 0.4) is 0 Å². The molecule has 0 aromatic carbocycles. The van der Waals surface area contributed by atoms with Crippen molar-refractivity contribution >= 4 is 5.78 Å². The first-order valence-corrected chi connectivity index (χ1v) is 4.46. The molecule has 0 radical (unpaired) electrons. The molecule has 0 bridgehead atoms. The topological polar surface area (TPSA) is 66.9 Å². The molecule has 1 aliphatic rings. The summed E-state index contributed by atoms with van der Waals surface area (Å²) in [6, 6.07) is 2.07. The van der Waals surface area contributed by atoms with E-state index < -0.39 is 0 Å². The second-order valence-electron chi connectivity index (χ2n) is 3.80. The minimum Gasteiger partial charge on any atom is -0.402 e. The molecular weight excluding hydrogens is 164 g/mol. The van der Waals surface area contributed by atoms with Crippen molar-refractivity contribution in [2.24, 2.45) is 11.1 Å². The summed E-state index contributed by atoms with van der Waals surface area (Å²) in [5.41, 5.74) is 5.87. The van der Waals surface area contributed by atoms with Gasteiger partial charge in [0.05, 0.1) is 6.07 Å². The summed E-state index contributed by atoms with van der Waals surface area (Å²) in [4.78, 5) is 11.6. The molecule has 1 aliphatic carbocycles. The minimum atomic E-state index is -0.349.